The molecule has 0 heterocycles. The van der Waals surface area contributed by atoms with E-state index >= 15 is 0 Å². The summed E-state index contributed by atoms with van der Waals surface area (Å²) in [7, 11) is 0. The van der Waals surface area contributed by atoms with Crippen LogP contribution in [0.2, 0.25) is 0 Å². The van der Waals surface area contributed by atoms with Gasteiger partial charge in [-0.25, -0.2) is 0 Å². The molecule has 0 aliphatic rings. The molecular weight excluding hydrogens is 973 g/mol. The minimum absolute atomic E-state index is 0.0997. The molecule has 0 aliphatic heterocycles. The minimum Gasteiger partial charge on any atom is -0.462 e. The summed E-state index contributed by atoms with van der Waals surface area (Å²) >= 11 is 0. The van der Waals surface area contributed by atoms with Gasteiger partial charge in [0.1, 0.15) is 13.2 Å². The molecule has 1 atom stereocenters. The lowest BCUT2D eigenvalue weighted by Gasteiger charge is -2.18. The highest BCUT2D eigenvalue weighted by molar-refractivity contribution is 5.71. The molecule has 0 spiro atoms. The van der Waals surface area contributed by atoms with Crippen LogP contribution in [0.1, 0.15) is 278 Å². The SMILES string of the molecule is CC/C=C\C/C=C\C/C=C\C/C=C\C/C=C\CCCCCCCC(=O)OCC(COC(=O)CCCCCCCCCCC/C=C\C/C=C\CCCCC)OC(=O)CCCCCCC/C=C\C/C=C\C/C=C\C/C=C\C/C=C\CC. The first-order valence-electron chi connectivity index (χ1n) is 32.3. The van der Waals surface area contributed by atoms with Crippen molar-refractivity contribution in [3.8, 4) is 0 Å². The topological polar surface area (TPSA) is 78.9 Å². The lowest BCUT2D eigenvalue weighted by atomic mass is 10.1. The van der Waals surface area contributed by atoms with Crippen molar-refractivity contribution in [3.63, 3.8) is 0 Å². The van der Waals surface area contributed by atoms with Crippen molar-refractivity contribution in [2.45, 2.75) is 284 Å². The molecule has 0 aliphatic carbocycles. The maximum absolute atomic E-state index is 12.9. The highest BCUT2D eigenvalue weighted by atomic mass is 16.6. The van der Waals surface area contributed by atoms with Gasteiger partial charge in [-0.3, -0.25) is 14.4 Å². The van der Waals surface area contributed by atoms with Crippen LogP contribution in [0.5, 0.6) is 0 Å². The maximum Gasteiger partial charge on any atom is 0.306 e. The summed E-state index contributed by atoms with van der Waals surface area (Å²) in [5.74, 6) is -0.941. The van der Waals surface area contributed by atoms with E-state index < -0.39 is 6.10 Å². The van der Waals surface area contributed by atoms with E-state index in [0.29, 0.717) is 19.3 Å². The summed E-state index contributed by atoms with van der Waals surface area (Å²) in [5.41, 5.74) is 0. The van der Waals surface area contributed by atoms with Crippen LogP contribution >= 0.6 is 0 Å². The molecule has 0 aromatic heterocycles. The molecule has 0 saturated carbocycles. The first-order valence-corrected chi connectivity index (χ1v) is 32.3. The molecular formula is C73H118O6. The quantitative estimate of drug-likeness (QED) is 0.0261. The third-order valence-electron chi connectivity index (χ3n) is 13.3. The van der Waals surface area contributed by atoms with Gasteiger partial charge >= 0.3 is 17.9 Å². The fourth-order valence-electron chi connectivity index (χ4n) is 8.53. The van der Waals surface area contributed by atoms with Crippen molar-refractivity contribution in [3.05, 3.63) is 146 Å². The zero-order valence-electron chi connectivity index (χ0n) is 51.1. The molecule has 0 aromatic rings. The highest BCUT2D eigenvalue weighted by Gasteiger charge is 2.19. The number of rotatable bonds is 57. The van der Waals surface area contributed by atoms with Gasteiger partial charge in [0, 0.05) is 19.3 Å². The van der Waals surface area contributed by atoms with E-state index in [1.54, 1.807) is 0 Å². The van der Waals surface area contributed by atoms with E-state index in [1.807, 2.05) is 0 Å². The van der Waals surface area contributed by atoms with Gasteiger partial charge in [0.2, 0.25) is 0 Å². The van der Waals surface area contributed by atoms with Crippen LogP contribution in [0.3, 0.4) is 0 Å². The van der Waals surface area contributed by atoms with Crippen LogP contribution in [0.15, 0.2) is 146 Å². The number of hydrogen-bond donors (Lipinski definition) is 0. The van der Waals surface area contributed by atoms with Crippen molar-refractivity contribution in [2.75, 3.05) is 13.2 Å². The predicted molar refractivity (Wildman–Crippen MR) is 343 cm³/mol. The number of allylic oxidation sites excluding steroid dienone is 24. The van der Waals surface area contributed by atoms with Gasteiger partial charge in [-0.1, -0.05) is 263 Å². The Labute approximate surface area is 487 Å². The van der Waals surface area contributed by atoms with Crippen molar-refractivity contribution in [2.24, 2.45) is 0 Å². The Morgan fingerprint density at radius 2 is 0.494 bits per heavy atom. The number of hydrogen-bond acceptors (Lipinski definition) is 6. The van der Waals surface area contributed by atoms with Crippen molar-refractivity contribution < 1.29 is 28.6 Å². The summed E-state index contributed by atoms with van der Waals surface area (Å²) in [6.45, 7) is 6.36. The molecule has 0 radical (unpaired) electrons. The van der Waals surface area contributed by atoms with Crippen LogP contribution < -0.4 is 0 Å². The molecule has 0 rings (SSSR count). The Morgan fingerprint density at radius 1 is 0.266 bits per heavy atom. The monoisotopic (exact) mass is 1090 g/mol. The molecule has 446 valence electrons. The van der Waals surface area contributed by atoms with Crippen LogP contribution in [-0.4, -0.2) is 37.2 Å². The second-order valence-corrected chi connectivity index (χ2v) is 20.9. The smallest absolute Gasteiger partial charge is 0.306 e. The molecule has 1 unspecified atom stereocenters. The van der Waals surface area contributed by atoms with E-state index in [0.717, 1.165) is 167 Å². The number of esters is 3. The zero-order valence-corrected chi connectivity index (χ0v) is 51.1. The highest BCUT2D eigenvalue weighted by Crippen LogP contribution is 2.15. The second kappa shape index (κ2) is 65.8. The minimum atomic E-state index is -0.807. The van der Waals surface area contributed by atoms with Gasteiger partial charge in [-0.15, -0.1) is 0 Å². The van der Waals surface area contributed by atoms with Gasteiger partial charge in [-0.05, 0) is 141 Å². The Hall–Kier alpha value is -4.71. The lowest BCUT2D eigenvalue weighted by Crippen LogP contribution is -2.30. The molecule has 0 fully saturated rings. The van der Waals surface area contributed by atoms with Crippen molar-refractivity contribution in [1.29, 1.82) is 0 Å². The van der Waals surface area contributed by atoms with Gasteiger partial charge in [0.05, 0.1) is 0 Å². The number of carbonyl (C=O) groups excluding carboxylic acids is 3. The van der Waals surface area contributed by atoms with E-state index in [2.05, 4.69) is 167 Å². The Bertz CT molecular complexity index is 1730. The predicted octanol–water partition coefficient (Wildman–Crippen LogP) is 22.3. The molecule has 0 bridgehead atoms. The van der Waals surface area contributed by atoms with Crippen LogP contribution in [0.4, 0.5) is 0 Å². The summed E-state index contributed by atoms with van der Waals surface area (Å²) in [4.78, 5) is 38.4. The Kier molecular flexibility index (Phi) is 61.9. The number of carbonyl (C=O) groups is 3. The average molecular weight is 1090 g/mol. The third kappa shape index (κ3) is 64.0. The van der Waals surface area contributed by atoms with Gasteiger partial charge in [0.25, 0.3) is 0 Å². The molecule has 0 amide bonds. The first kappa shape index (κ1) is 74.3. The Morgan fingerprint density at radius 3 is 0.772 bits per heavy atom. The largest absolute Gasteiger partial charge is 0.462 e. The van der Waals surface area contributed by atoms with E-state index in [4.69, 9.17) is 14.2 Å². The summed E-state index contributed by atoms with van der Waals surface area (Å²) in [6, 6.07) is 0. The van der Waals surface area contributed by atoms with E-state index in [9.17, 15) is 14.4 Å². The van der Waals surface area contributed by atoms with E-state index in [-0.39, 0.29) is 31.1 Å². The second-order valence-electron chi connectivity index (χ2n) is 20.9. The average Bonchev–Trinajstić information content (AvgIpc) is 3.45. The van der Waals surface area contributed by atoms with Crippen LogP contribution in [-0.2, 0) is 28.6 Å². The fourth-order valence-corrected chi connectivity index (χ4v) is 8.53. The van der Waals surface area contributed by atoms with Gasteiger partial charge < -0.3 is 14.2 Å². The standard InChI is InChI=1S/C73H118O6/c1-4-7-10-13-16-19-22-25-28-31-34-36-39-42-45-48-51-54-57-60-63-66-72(75)78-69-70(68-77-71(74)65-62-59-56-53-50-47-44-41-38-33-30-27-24-21-18-15-12-9-6-3)79-73(76)67-64-61-58-55-52-49-46-43-40-37-35-32-29-26-23-20-17-14-11-8-5-2/h7-8,10-11,16-21,25-30,34-37,42-43,45-46,70H,4-6,9,12-15,22-24,31-33,38-41,44,47-69H2,1-3H3/b10-7-,11-8-,19-16-,20-17-,21-18-,28-25-,29-26-,30-27-,36-34-,37-35-,45-42-,46-43-. The first-order chi connectivity index (χ1) is 39.0. The normalized spacial score (nSPS) is 13.1. The van der Waals surface area contributed by atoms with Gasteiger partial charge in [-0.2, -0.15) is 0 Å². The molecule has 6 heteroatoms. The van der Waals surface area contributed by atoms with Gasteiger partial charge in [0.15, 0.2) is 6.10 Å². The summed E-state index contributed by atoms with van der Waals surface area (Å²) in [5, 5.41) is 0. The lowest BCUT2D eigenvalue weighted by molar-refractivity contribution is -0.167. The van der Waals surface area contributed by atoms with Crippen molar-refractivity contribution in [1.82, 2.24) is 0 Å². The molecule has 0 N–H and O–H groups in total. The molecule has 6 nitrogen and oxygen atoms in total. The maximum atomic E-state index is 12.9. The van der Waals surface area contributed by atoms with E-state index in [1.165, 1.54) is 70.6 Å². The van der Waals surface area contributed by atoms with Crippen molar-refractivity contribution >= 4 is 17.9 Å². The van der Waals surface area contributed by atoms with Crippen LogP contribution in [0, 0.1) is 0 Å². The summed E-state index contributed by atoms with van der Waals surface area (Å²) < 4.78 is 16.9. The fraction of sp³-hybridized carbons (Fsp3) is 0.630. The summed E-state index contributed by atoms with van der Waals surface area (Å²) in [6.07, 6.45) is 94.1. The zero-order chi connectivity index (χ0) is 57.1. The number of ether oxygens (including phenoxy) is 3. The third-order valence-corrected chi connectivity index (χ3v) is 13.3. The Balaban J connectivity index is 4.50. The van der Waals surface area contributed by atoms with Crippen LogP contribution in [0.25, 0.3) is 0 Å². The molecule has 0 aromatic carbocycles. The molecule has 0 saturated heterocycles. The number of unbranched alkanes of at least 4 members (excludes halogenated alkanes) is 22. The molecule has 79 heavy (non-hydrogen) atoms.